The van der Waals surface area contributed by atoms with Gasteiger partial charge in [0.15, 0.2) is 5.78 Å². The number of ketones is 1. The largest absolute Gasteiger partial charge is 0.465 e. The number of unbranched alkanes of at least 4 members (excludes halogenated alkanes) is 1. The lowest BCUT2D eigenvalue weighted by molar-refractivity contribution is -0.153. The molecule has 4 heteroatoms. The van der Waals surface area contributed by atoms with Crippen molar-refractivity contribution in [3.63, 3.8) is 0 Å². The molecule has 0 amide bonds. The molecule has 0 saturated heterocycles. The highest BCUT2D eigenvalue weighted by atomic mass is 79.9. The first-order valence-corrected chi connectivity index (χ1v) is 8.32. The topological polar surface area (TPSA) is 43.4 Å². The molecule has 1 aromatic carbocycles. The van der Waals surface area contributed by atoms with Crippen LogP contribution in [-0.2, 0) is 16.0 Å². The van der Waals surface area contributed by atoms with Crippen molar-refractivity contribution in [3.05, 3.63) is 35.4 Å². The summed E-state index contributed by atoms with van der Waals surface area (Å²) in [7, 11) is 0. The van der Waals surface area contributed by atoms with Gasteiger partial charge in [0.1, 0.15) is 0 Å². The van der Waals surface area contributed by atoms with Gasteiger partial charge < -0.3 is 4.74 Å². The third kappa shape index (κ3) is 6.42. The summed E-state index contributed by atoms with van der Waals surface area (Å²) >= 11 is 3.16. The van der Waals surface area contributed by atoms with Gasteiger partial charge in [0, 0.05) is 5.56 Å². The number of halogens is 1. The summed E-state index contributed by atoms with van der Waals surface area (Å²) < 4.78 is 5.22. The zero-order chi connectivity index (χ0) is 15.9. The fourth-order valence-corrected chi connectivity index (χ4v) is 2.07. The highest BCUT2D eigenvalue weighted by molar-refractivity contribution is 9.09. The molecule has 0 unspecified atom stereocenters. The monoisotopic (exact) mass is 354 g/mol. The van der Waals surface area contributed by atoms with E-state index in [4.69, 9.17) is 4.74 Å². The fraction of sp³-hybridized carbons (Fsp3) is 0.529. The van der Waals surface area contributed by atoms with Gasteiger partial charge in [-0.25, -0.2) is 0 Å². The van der Waals surface area contributed by atoms with Crippen LogP contribution < -0.4 is 0 Å². The molecular weight excluding hydrogens is 332 g/mol. The number of hydrogen-bond donors (Lipinski definition) is 0. The molecule has 116 valence electrons. The van der Waals surface area contributed by atoms with Gasteiger partial charge in [0.25, 0.3) is 0 Å². The number of hydrogen-bond acceptors (Lipinski definition) is 3. The maximum atomic E-state index is 11.6. The molecule has 0 aliphatic carbocycles. The van der Waals surface area contributed by atoms with E-state index in [1.165, 1.54) is 5.56 Å². The SMILES string of the molecule is CC(C)(C)C(=O)OCCCCc1ccc(C(=O)CBr)cc1. The Bertz CT molecular complexity index is 472. The molecule has 0 radical (unpaired) electrons. The third-order valence-electron chi connectivity index (χ3n) is 3.10. The van der Waals surface area contributed by atoms with Crippen molar-refractivity contribution in [2.75, 3.05) is 11.9 Å². The number of esters is 1. The van der Waals surface area contributed by atoms with Crippen LogP contribution in [0.4, 0.5) is 0 Å². The molecule has 0 N–H and O–H groups in total. The lowest BCUT2D eigenvalue weighted by Crippen LogP contribution is -2.23. The molecule has 0 atom stereocenters. The van der Waals surface area contributed by atoms with Gasteiger partial charge in [0.05, 0.1) is 17.4 Å². The Labute approximate surface area is 135 Å². The summed E-state index contributed by atoms with van der Waals surface area (Å²) in [5, 5.41) is 0.353. The van der Waals surface area contributed by atoms with Crippen molar-refractivity contribution >= 4 is 27.7 Å². The highest BCUT2D eigenvalue weighted by Crippen LogP contribution is 2.15. The van der Waals surface area contributed by atoms with Gasteiger partial charge in [-0.2, -0.15) is 0 Å². The number of rotatable bonds is 7. The lowest BCUT2D eigenvalue weighted by atomic mass is 9.97. The molecule has 3 nitrogen and oxygen atoms in total. The van der Waals surface area contributed by atoms with Crippen molar-refractivity contribution in [3.8, 4) is 0 Å². The van der Waals surface area contributed by atoms with Crippen molar-refractivity contribution in [1.29, 1.82) is 0 Å². The smallest absolute Gasteiger partial charge is 0.311 e. The Morgan fingerprint density at radius 2 is 1.71 bits per heavy atom. The number of Topliss-reactive ketones (excluding diaryl/α,β-unsaturated/α-hetero) is 1. The molecule has 1 rings (SSSR count). The zero-order valence-corrected chi connectivity index (χ0v) is 14.5. The van der Waals surface area contributed by atoms with E-state index in [1.807, 2.05) is 45.0 Å². The van der Waals surface area contributed by atoms with Crippen molar-refractivity contribution in [2.24, 2.45) is 5.41 Å². The van der Waals surface area contributed by atoms with Gasteiger partial charge in [-0.3, -0.25) is 9.59 Å². The van der Waals surface area contributed by atoms with E-state index < -0.39 is 5.41 Å². The molecule has 21 heavy (non-hydrogen) atoms. The van der Waals surface area contributed by atoms with Crippen LogP contribution >= 0.6 is 15.9 Å². The molecule has 0 bridgehead atoms. The normalized spacial score (nSPS) is 11.2. The van der Waals surface area contributed by atoms with Gasteiger partial charge in [0.2, 0.25) is 0 Å². The summed E-state index contributed by atoms with van der Waals surface area (Å²) in [5.41, 5.74) is 1.50. The van der Waals surface area contributed by atoms with E-state index in [1.54, 1.807) is 0 Å². The van der Waals surface area contributed by atoms with Crippen molar-refractivity contribution in [1.82, 2.24) is 0 Å². The average Bonchev–Trinajstić information content (AvgIpc) is 2.45. The van der Waals surface area contributed by atoms with E-state index in [0.29, 0.717) is 11.9 Å². The molecule has 1 aromatic rings. The summed E-state index contributed by atoms with van der Waals surface area (Å²) in [6, 6.07) is 7.69. The van der Waals surface area contributed by atoms with Gasteiger partial charge >= 0.3 is 5.97 Å². The quantitative estimate of drug-likeness (QED) is 0.319. The van der Waals surface area contributed by atoms with Crippen LogP contribution in [0.2, 0.25) is 0 Å². The van der Waals surface area contributed by atoms with Gasteiger partial charge in [-0.1, -0.05) is 40.2 Å². The first-order chi connectivity index (χ1) is 9.84. The summed E-state index contributed by atoms with van der Waals surface area (Å²) in [5.74, 6) is -0.0595. The summed E-state index contributed by atoms with van der Waals surface area (Å²) in [4.78, 5) is 23.0. The number of alkyl halides is 1. The Balaban J connectivity index is 2.27. The minimum Gasteiger partial charge on any atom is -0.465 e. The second kappa shape index (κ2) is 8.32. The second-order valence-corrected chi connectivity index (χ2v) is 6.66. The van der Waals surface area contributed by atoms with Crippen LogP contribution in [0.3, 0.4) is 0 Å². The molecule has 0 aromatic heterocycles. The predicted molar refractivity (Wildman–Crippen MR) is 87.9 cm³/mol. The van der Waals surface area contributed by atoms with Crippen LogP contribution in [-0.4, -0.2) is 23.7 Å². The Kier molecular flexibility index (Phi) is 7.09. The third-order valence-corrected chi connectivity index (χ3v) is 3.61. The van der Waals surface area contributed by atoms with Crippen LogP contribution in [0.5, 0.6) is 0 Å². The standard InChI is InChI=1S/C17H23BrO3/c1-17(2,3)16(20)21-11-5-4-6-13-7-9-14(10-8-13)15(19)12-18/h7-10H,4-6,11-12H2,1-3H3. The first-order valence-electron chi connectivity index (χ1n) is 7.20. The molecule has 0 aliphatic heterocycles. The molecule has 0 aliphatic rings. The van der Waals surface area contributed by atoms with E-state index in [9.17, 15) is 9.59 Å². The predicted octanol–water partition coefficient (Wildman–Crippen LogP) is 4.18. The van der Waals surface area contributed by atoms with Crippen LogP contribution in [0, 0.1) is 5.41 Å². The molecule has 0 heterocycles. The van der Waals surface area contributed by atoms with Crippen molar-refractivity contribution in [2.45, 2.75) is 40.0 Å². The van der Waals surface area contributed by atoms with Gasteiger partial charge in [-0.15, -0.1) is 0 Å². The summed E-state index contributed by atoms with van der Waals surface area (Å²) in [6.07, 6.45) is 2.74. The molecule has 0 fully saturated rings. The van der Waals surface area contributed by atoms with Gasteiger partial charge in [-0.05, 0) is 45.6 Å². The minimum atomic E-state index is -0.433. The van der Waals surface area contributed by atoms with E-state index in [2.05, 4.69) is 15.9 Å². The number of aryl methyl sites for hydroxylation is 1. The van der Waals surface area contributed by atoms with Crippen LogP contribution in [0.1, 0.15) is 49.5 Å². The Hall–Kier alpha value is -1.16. The number of carbonyl (C=O) groups is 2. The maximum Gasteiger partial charge on any atom is 0.311 e. The van der Waals surface area contributed by atoms with Crippen molar-refractivity contribution < 1.29 is 14.3 Å². The van der Waals surface area contributed by atoms with Crippen LogP contribution in [0.15, 0.2) is 24.3 Å². The minimum absolute atomic E-state index is 0.0932. The van der Waals surface area contributed by atoms with Crippen LogP contribution in [0.25, 0.3) is 0 Å². The number of carbonyl (C=O) groups excluding carboxylic acids is 2. The molecular formula is C17H23BrO3. The van der Waals surface area contributed by atoms with E-state index in [0.717, 1.165) is 24.8 Å². The molecule has 0 spiro atoms. The maximum absolute atomic E-state index is 11.6. The lowest BCUT2D eigenvalue weighted by Gasteiger charge is -2.16. The number of benzene rings is 1. The summed E-state index contributed by atoms with van der Waals surface area (Å²) in [6.45, 7) is 6.03. The first kappa shape index (κ1) is 17.9. The van der Waals surface area contributed by atoms with E-state index >= 15 is 0 Å². The highest BCUT2D eigenvalue weighted by Gasteiger charge is 2.22. The number of ether oxygens (including phenoxy) is 1. The van der Waals surface area contributed by atoms with E-state index in [-0.39, 0.29) is 11.8 Å². The second-order valence-electron chi connectivity index (χ2n) is 6.10. The average molecular weight is 355 g/mol. The Morgan fingerprint density at radius 1 is 1.10 bits per heavy atom. The Morgan fingerprint density at radius 3 is 2.24 bits per heavy atom. The zero-order valence-electron chi connectivity index (χ0n) is 12.9. The fourth-order valence-electron chi connectivity index (χ4n) is 1.75. The molecule has 0 saturated carbocycles.